The molecule has 24 heavy (non-hydrogen) atoms. The van der Waals surface area contributed by atoms with E-state index < -0.39 is 17.8 Å². The maximum Gasteiger partial charge on any atom is 0.337 e. The Hall–Kier alpha value is -3.00. The van der Waals surface area contributed by atoms with Crippen molar-refractivity contribution >= 4 is 44.4 Å². The first-order chi connectivity index (χ1) is 11.6. The summed E-state index contributed by atoms with van der Waals surface area (Å²) in [4.78, 5) is 27.7. The van der Waals surface area contributed by atoms with Crippen LogP contribution in [0.4, 0.5) is 20.0 Å². The first kappa shape index (κ1) is 15.9. The molecule has 0 fully saturated rings. The summed E-state index contributed by atoms with van der Waals surface area (Å²) in [7, 11) is 1.30. The number of rotatable bonds is 3. The number of hydrogen-bond donors (Lipinski definition) is 2. The Morgan fingerprint density at radius 2 is 1.96 bits per heavy atom. The number of benzene rings is 2. The quantitative estimate of drug-likeness (QED) is 0.706. The Morgan fingerprint density at radius 1 is 1.17 bits per heavy atom. The topological polar surface area (TPSA) is 80.3 Å². The molecule has 2 aromatic carbocycles. The lowest BCUT2D eigenvalue weighted by molar-refractivity contribution is 0.0601. The number of hydrogen-bond acceptors (Lipinski definition) is 5. The van der Waals surface area contributed by atoms with Gasteiger partial charge in [0, 0.05) is 0 Å². The van der Waals surface area contributed by atoms with Crippen molar-refractivity contribution in [3.63, 3.8) is 0 Å². The highest BCUT2D eigenvalue weighted by molar-refractivity contribution is 7.22. The normalized spacial score (nSPS) is 10.4. The van der Waals surface area contributed by atoms with E-state index in [2.05, 4.69) is 20.4 Å². The second-order valence-corrected chi connectivity index (χ2v) is 5.78. The molecule has 2 N–H and O–H groups in total. The van der Waals surface area contributed by atoms with Gasteiger partial charge in [-0.15, -0.1) is 0 Å². The average Bonchev–Trinajstić information content (AvgIpc) is 2.97. The van der Waals surface area contributed by atoms with E-state index in [0.717, 1.165) is 4.70 Å². The van der Waals surface area contributed by atoms with Gasteiger partial charge in [0.1, 0.15) is 5.82 Å². The summed E-state index contributed by atoms with van der Waals surface area (Å²) >= 11 is 1.20. The van der Waals surface area contributed by atoms with Crippen molar-refractivity contribution in [2.24, 2.45) is 0 Å². The van der Waals surface area contributed by atoms with Gasteiger partial charge in [0.25, 0.3) is 0 Å². The van der Waals surface area contributed by atoms with Crippen molar-refractivity contribution in [1.29, 1.82) is 0 Å². The number of esters is 1. The fraction of sp³-hybridized carbons (Fsp3) is 0.0625. The van der Waals surface area contributed by atoms with Gasteiger partial charge in [-0.3, -0.25) is 5.32 Å². The summed E-state index contributed by atoms with van der Waals surface area (Å²) in [6.45, 7) is 0. The molecule has 2 amide bonds. The van der Waals surface area contributed by atoms with Crippen molar-refractivity contribution < 1.29 is 18.7 Å². The van der Waals surface area contributed by atoms with Crippen LogP contribution >= 0.6 is 11.3 Å². The molecule has 0 aliphatic rings. The lowest BCUT2D eigenvalue weighted by atomic mass is 10.2. The standard InChI is InChI=1S/C16H12FN3O3S/c1-23-14(21)9-6-7-12-13(8-9)24-16(19-12)20-15(22)18-11-5-3-2-4-10(11)17/h2-8H,1H3,(H2,18,19,20,22). The minimum absolute atomic E-state index is 0.0732. The number of anilines is 2. The predicted octanol–water partition coefficient (Wildman–Crippen LogP) is 3.87. The van der Waals surface area contributed by atoms with Gasteiger partial charge in [0.05, 0.1) is 28.6 Å². The third-order valence-electron chi connectivity index (χ3n) is 3.15. The molecule has 0 spiro atoms. The molecular weight excluding hydrogens is 333 g/mol. The SMILES string of the molecule is COC(=O)c1ccc2nc(NC(=O)Nc3ccccc3F)sc2c1. The van der Waals surface area contributed by atoms with E-state index in [1.807, 2.05) is 0 Å². The van der Waals surface area contributed by atoms with Gasteiger partial charge in [-0.2, -0.15) is 0 Å². The third-order valence-corrected chi connectivity index (χ3v) is 4.09. The number of thiazole rings is 1. The van der Waals surface area contributed by atoms with Gasteiger partial charge in [-0.25, -0.2) is 19.0 Å². The molecule has 0 atom stereocenters. The van der Waals surface area contributed by atoms with Crippen molar-refractivity contribution in [3.05, 3.63) is 53.8 Å². The number of amides is 2. The largest absolute Gasteiger partial charge is 0.465 e. The molecular formula is C16H12FN3O3S. The fourth-order valence-electron chi connectivity index (χ4n) is 2.04. The zero-order chi connectivity index (χ0) is 17.1. The Kier molecular flexibility index (Phi) is 4.39. The Bertz CT molecular complexity index is 926. The van der Waals surface area contributed by atoms with Crippen LogP contribution in [0.3, 0.4) is 0 Å². The van der Waals surface area contributed by atoms with Gasteiger partial charge in [0.2, 0.25) is 0 Å². The van der Waals surface area contributed by atoms with Gasteiger partial charge < -0.3 is 10.1 Å². The minimum atomic E-state index is -0.604. The second-order valence-electron chi connectivity index (χ2n) is 4.75. The van der Waals surface area contributed by atoms with Gasteiger partial charge in [-0.1, -0.05) is 23.5 Å². The maximum atomic E-state index is 13.5. The Labute approximate surface area is 140 Å². The second kappa shape index (κ2) is 6.63. The number of fused-ring (bicyclic) bond motifs is 1. The number of carbonyl (C=O) groups excluding carboxylic acids is 2. The van der Waals surface area contributed by atoms with E-state index in [4.69, 9.17) is 0 Å². The number of halogens is 1. The zero-order valence-corrected chi connectivity index (χ0v) is 13.3. The van der Waals surface area contributed by atoms with Crippen LogP contribution in [0, 0.1) is 5.82 Å². The molecule has 122 valence electrons. The van der Waals surface area contributed by atoms with E-state index in [9.17, 15) is 14.0 Å². The minimum Gasteiger partial charge on any atom is -0.465 e. The number of ether oxygens (including phenoxy) is 1. The van der Waals surface area contributed by atoms with Gasteiger partial charge >= 0.3 is 12.0 Å². The Balaban J connectivity index is 1.76. The maximum absolute atomic E-state index is 13.5. The van der Waals surface area contributed by atoms with E-state index >= 15 is 0 Å². The van der Waals surface area contributed by atoms with Crippen molar-refractivity contribution in [2.75, 3.05) is 17.7 Å². The number of para-hydroxylation sites is 1. The van der Waals surface area contributed by atoms with Crippen molar-refractivity contribution in [3.8, 4) is 0 Å². The number of urea groups is 1. The average molecular weight is 345 g/mol. The van der Waals surface area contributed by atoms with Crippen LogP contribution in [0.15, 0.2) is 42.5 Å². The molecule has 0 aliphatic carbocycles. The molecule has 1 aromatic heterocycles. The predicted molar refractivity (Wildman–Crippen MR) is 90.0 cm³/mol. The molecule has 0 saturated carbocycles. The summed E-state index contributed by atoms with van der Waals surface area (Å²) in [5.41, 5.74) is 1.11. The monoisotopic (exact) mass is 345 g/mol. The number of nitrogens with zero attached hydrogens (tertiary/aromatic N) is 1. The molecule has 6 nitrogen and oxygen atoms in total. The first-order valence-electron chi connectivity index (χ1n) is 6.88. The van der Waals surface area contributed by atoms with Gasteiger partial charge in [-0.05, 0) is 30.3 Å². The molecule has 0 radical (unpaired) electrons. The summed E-state index contributed by atoms with van der Waals surface area (Å²) in [5.74, 6) is -0.975. The summed E-state index contributed by atoms with van der Waals surface area (Å²) < 4.78 is 18.9. The van der Waals surface area contributed by atoms with Crippen LogP contribution in [-0.4, -0.2) is 24.1 Å². The van der Waals surface area contributed by atoms with Crippen LogP contribution in [-0.2, 0) is 4.74 Å². The zero-order valence-electron chi connectivity index (χ0n) is 12.5. The number of aromatic nitrogens is 1. The molecule has 0 unspecified atom stereocenters. The number of nitrogens with one attached hydrogen (secondary N) is 2. The van der Waals surface area contributed by atoms with Crippen molar-refractivity contribution in [2.45, 2.75) is 0 Å². The number of carbonyl (C=O) groups is 2. The third kappa shape index (κ3) is 3.33. The van der Waals surface area contributed by atoms with Crippen LogP contribution in [0.5, 0.6) is 0 Å². The van der Waals surface area contributed by atoms with Crippen LogP contribution in [0.2, 0.25) is 0 Å². The highest BCUT2D eigenvalue weighted by Gasteiger charge is 2.12. The van der Waals surface area contributed by atoms with Gasteiger partial charge in [0.15, 0.2) is 5.13 Å². The summed E-state index contributed by atoms with van der Waals surface area (Å²) in [5, 5.41) is 5.29. The van der Waals surface area contributed by atoms with Crippen molar-refractivity contribution in [1.82, 2.24) is 4.98 Å². The van der Waals surface area contributed by atoms with Crippen LogP contribution in [0.1, 0.15) is 10.4 Å². The molecule has 0 bridgehead atoms. The number of methoxy groups -OCH3 is 1. The Morgan fingerprint density at radius 3 is 2.71 bits per heavy atom. The first-order valence-corrected chi connectivity index (χ1v) is 7.70. The summed E-state index contributed by atoms with van der Waals surface area (Å²) in [6, 6.07) is 10.1. The fourth-order valence-corrected chi connectivity index (χ4v) is 2.94. The molecule has 0 aliphatic heterocycles. The summed E-state index contributed by atoms with van der Waals surface area (Å²) in [6.07, 6.45) is 0. The lowest BCUT2D eigenvalue weighted by Gasteiger charge is -2.05. The van der Waals surface area contributed by atoms with Crippen LogP contribution < -0.4 is 10.6 Å². The smallest absolute Gasteiger partial charge is 0.337 e. The molecule has 8 heteroatoms. The van der Waals surface area contributed by atoms with E-state index in [1.54, 1.807) is 24.3 Å². The van der Waals surface area contributed by atoms with E-state index in [0.29, 0.717) is 16.2 Å². The molecule has 3 rings (SSSR count). The van der Waals surface area contributed by atoms with E-state index in [1.165, 1.54) is 36.6 Å². The molecule has 3 aromatic rings. The highest BCUT2D eigenvalue weighted by Crippen LogP contribution is 2.27. The molecule has 1 heterocycles. The highest BCUT2D eigenvalue weighted by atomic mass is 32.1. The molecule has 0 saturated heterocycles. The van der Waals surface area contributed by atoms with Crippen LogP contribution in [0.25, 0.3) is 10.2 Å². The van der Waals surface area contributed by atoms with E-state index in [-0.39, 0.29) is 5.69 Å². The lowest BCUT2D eigenvalue weighted by Crippen LogP contribution is -2.19.